The molecular weight excluding hydrogens is 258 g/mol. The van der Waals surface area contributed by atoms with Crippen LogP contribution in [0.3, 0.4) is 0 Å². The highest BCUT2D eigenvalue weighted by molar-refractivity contribution is 9.09. The maximum Gasteiger partial charge on any atom is 0.408 e. The van der Waals surface area contributed by atoms with Crippen molar-refractivity contribution in [2.75, 3.05) is 5.33 Å². The molecular formula is C11H22BrNO2. The summed E-state index contributed by atoms with van der Waals surface area (Å²) in [5.41, 5.74) is -0.647. The van der Waals surface area contributed by atoms with Gasteiger partial charge in [-0.2, -0.15) is 0 Å². The van der Waals surface area contributed by atoms with Gasteiger partial charge in [-0.3, -0.25) is 0 Å². The van der Waals surface area contributed by atoms with Crippen molar-refractivity contribution in [3.63, 3.8) is 0 Å². The number of ether oxygens (including phenoxy) is 1. The molecule has 0 bridgehead atoms. The van der Waals surface area contributed by atoms with Crippen molar-refractivity contribution < 1.29 is 9.53 Å². The van der Waals surface area contributed by atoms with Crippen molar-refractivity contribution in [2.45, 2.75) is 58.6 Å². The number of amides is 1. The minimum atomic E-state index is -0.435. The van der Waals surface area contributed by atoms with Crippen LogP contribution in [0.25, 0.3) is 0 Å². The zero-order valence-corrected chi connectivity index (χ0v) is 11.9. The highest BCUT2D eigenvalue weighted by atomic mass is 79.9. The van der Waals surface area contributed by atoms with Crippen LogP contribution in [0.2, 0.25) is 0 Å². The fourth-order valence-electron chi connectivity index (χ4n) is 1.15. The lowest BCUT2D eigenvalue weighted by Crippen LogP contribution is -2.45. The van der Waals surface area contributed by atoms with Crippen LogP contribution in [0.5, 0.6) is 0 Å². The van der Waals surface area contributed by atoms with Gasteiger partial charge in [0, 0.05) is 10.9 Å². The fraction of sp³-hybridized carbons (Fsp3) is 0.909. The van der Waals surface area contributed by atoms with Gasteiger partial charge < -0.3 is 10.1 Å². The Bertz CT molecular complexity index is 209. The van der Waals surface area contributed by atoms with Crippen LogP contribution in [-0.4, -0.2) is 22.6 Å². The van der Waals surface area contributed by atoms with E-state index < -0.39 is 5.60 Å². The van der Waals surface area contributed by atoms with E-state index in [-0.39, 0.29) is 11.6 Å². The Kier molecular flexibility index (Phi) is 5.63. The standard InChI is InChI=1S/C11H22BrNO2/c1-10(2,3)15-9(14)13-11(4,5)7-6-8-12/h6-8H2,1-5H3,(H,13,14). The third-order valence-corrected chi connectivity index (χ3v) is 2.34. The minimum Gasteiger partial charge on any atom is -0.444 e. The molecule has 0 spiro atoms. The topological polar surface area (TPSA) is 38.3 Å². The minimum absolute atomic E-state index is 0.212. The van der Waals surface area contributed by atoms with Crippen molar-refractivity contribution in [3.8, 4) is 0 Å². The summed E-state index contributed by atoms with van der Waals surface area (Å²) in [7, 11) is 0. The van der Waals surface area contributed by atoms with Gasteiger partial charge in [0.1, 0.15) is 5.60 Å². The van der Waals surface area contributed by atoms with Gasteiger partial charge in [-0.05, 0) is 47.5 Å². The van der Waals surface area contributed by atoms with E-state index in [1.165, 1.54) is 0 Å². The normalized spacial score (nSPS) is 12.4. The van der Waals surface area contributed by atoms with Gasteiger partial charge in [0.05, 0.1) is 0 Å². The van der Waals surface area contributed by atoms with Crippen LogP contribution >= 0.6 is 15.9 Å². The maximum absolute atomic E-state index is 11.5. The van der Waals surface area contributed by atoms with Gasteiger partial charge in [-0.1, -0.05) is 15.9 Å². The Balaban J connectivity index is 4.04. The number of carbonyl (C=O) groups excluding carboxylic acids is 1. The van der Waals surface area contributed by atoms with Gasteiger partial charge >= 0.3 is 6.09 Å². The summed E-state index contributed by atoms with van der Waals surface area (Å²) in [4.78, 5) is 11.5. The zero-order valence-electron chi connectivity index (χ0n) is 10.3. The molecule has 0 aliphatic carbocycles. The molecule has 4 heteroatoms. The molecule has 0 rings (SSSR count). The maximum atomic E-state index is 11.5. The average molecular weight is 280 g/mol. The third-order valence-electron chi connectivity index (χ3n) is 1.77. The smallest absolute Gasteiger partial charge is 0.408 e. The molecule has 0 unspecified atom stereocenters. The van der Waals surface area contributed by atoms with Crippen LogP contribution < -0.4 is 5.32 Å². The molecule has 0 aliphatic rings. The van der Waals surface area contributed by atoms with Crippen molar-refractivity contribution >= 4 is 22.0 Å². The van der Waals surface area contributed by atoms with Gasteiger partial charge in [0.2, 0.25) is 0 Å². The number of rotatable bonds is 4. The molecule has 0 aromatic carbocycles. The molecule has 0 atom stereocenters. The Morgan fingerprint density at radius 1 is 1.27 bits per heavy atom. The number of hydrogen-bond donors (Lipinski definition) is 1. The van der Waals surface area contributed by atoms with Crippen molar-refractivity contribution in [1.29, 1.82) is 0 Å². The SMILES string of the molecule is CC(C)(CCCBr)NC(=O)OC(C)(C)C. The predicted molar refractivity (Wildman–Crippen MR) is 66.5 cm³/mol. The van der Waals surface area contributed by atoms with E-state index in [0.29, 0.717) is 0 Å². The molecule has 0 aromatic rings. The molecule has 0 heterocycles. The molecule has 15 heavy (non-hydrogen) atoms. The molecule has 0 fully saturated rings. The molecule has 0 aromatic heterocycles. The van der Waals surface area contributed by atoms with Crippen molar-refractivity contribution in [1.82, 2.24) is 5.32 Å². The lowest BCUT2D eigenvalue weighted by atomic mass is 9.99. The molecule has 0 saturated heterocycles. The summed E-state index contributed by atoms with van der Waals surface area (Å²) in [6.45, 7) is 9.58. The second-order valence-corrected chi connectivity index (χ2v) is 6.10. The molecule has 3 nitrogen and oxygen atoms in total. The molecule has 0 saturated carbocycles. The quantitative estimate of drug-likeness (QED) is 0.801. The Morgan fingerprint density at radius 2 is 1.80 bits per heavy atom. The first-order valence-electron chi connectivity index (χ1n) is 5.23. The molecule has 1 N–H and O–H groups in total. The lowest BCUT2D eigenvalue weighted by Gasteiger charge is -2.28. The first kappa shape index (κ1) is 14.8. The van der Waals surface area contributed by atoms with Gasteiger partial charge in [0.15, 0.2) is 0 Å². The first-order chi connectivity index (χ1) is 6.66. The van der Waals surface area contributed by atoms with E-state index in [1.54, 1.807) is 0 Å². The summed E-state index contributed by atoms with van der Waals surface area (Å²) in [5.74, 6) is 0. The third kappa shape index (κ3) is 8.73. The number of halogens is 1. The second-order valence-electron chi connectivity index (χ2n) is 5.30. The highest BCUT2D eigenvalue weighted by Gasteiger charge is 2.23. The number of carbonyl (C=O) groups is 1. The first-order valence-corrected chi connectivity index (χ1v) is 6.35. The number of alkyl carbamates (subject to hydrolysis) is 1. The van der Waals surface area contributed by atoms with Crippen molar-refractivity contribution in [2.24, 2.45) is 0 Å². The zero-order chi connectivity index (χ0) is 12.1. The fourth-order valence-corrected chi connectivity index (χ4v) is 1.43. The number of hydrogen-bond acceptors (Lipinski definition) is 2. The van der Waals surface area contributed by atoms with Crippen LogP contribution in [-0.2, 0) is 4.74 Å². The predicted octanol–water partition coefficient (Wildman–Crippen LogP) is 3.46. The molecule has 90 valence electrons. The summed E-state index contributed by atoms with van der Waals surface area (Å²) in [6, 6.07) is 0. The van der Waals surface area contributed by atoms with Crippen LogP contribution in [0.4, 0.5) is 4.79 Å². The summed E-state index contributed by atoms with van der Waals surface area (Å²) >= 11 is 3.37. The summed E-state index contributed by atoms with van der Waals surface area (Å²) in [5, 5.41) is 3.82. The van der Waals surface area contributed by atoms with Crippen molar-refractivity contribution in [3.05, 3.63) is 0 Å². The van der Waals surface area contributed by atoms with E-state index in [4.69, 9.17) is 4.74 Å². The van der Waals surface area contributed by atoms with Gasteiger partial charge in [-0.25, -0.2) is 4.79 Å². The van der Waals surface area contributed by atoms with Gasteiger partial charge in [-0.15, -0.1) is 0 Å². The lowest BCUT2D eigenvalue weighted by molar-refractivity contribution is 0.0468. The largest absolute Gasteiger partial charge is 0.444 e. The monoisotopic (exact) mass is 279 g/mol. The van der Waals surface area contributed by atoms with Crippen LogP contribution in [0, 0.1) is 0 Å². The van der Waals surface area contributed by atoms with E-state index >= 15 is 0 Å². The molecule has 0 radical (unpaired) electrons. The summed E-state index contributed by atoms with van der Waals surface area (Å²) in [6.07, 6.45) is 1.61. The van der Waals surface area contributed by atoms with E-state index in [0.717, 1.165) is 18.2 Å². The Hall–Kier alpha value is -0.250. The Morgan fingerprint density at radius 3 is 2.20 bits per heavy atom. The van der Waals surface area contributed by atoms with E-state index in [2.05, 4.69) is 21.2 Å². The molecule has 0 aliphatic heterocycles. The summed E-state index contributed by atoms with van der Waals surface area (Å²) < 4.78 is 5.19. The number of nitrogens with one attached hydrogen (secondary N) is 1. The average Bonchev–Trinajstić information content (AvgIpc) is 1.95. The highest BCUT2D eigenvalue weighted by Crippen LogP contribution is 2.14. The second kappa shape index (κ2) is 5.73. The number of alkyl halides is 1. The van der Waals surface area contributed by atoms with Crippen LogP contribution in [0.1, 0.15) is 47.5 Å². The van der Waals surface area contributed by atoms with E-state index in [1.807, 2.05) is 34.6 Å². The van der Waals surface area contributed by atoms with Gasteiger partial charge in [0.25, 0.3) is 0 Å². The Labute approximate surface area is 101 Å². The van der Waals surface area contributed by atoms with E-state index in [9.17, 15) is 4.79 Å². The van der Waals surface area contributed by atoms with Crippen LogP contribution in [0.15, 0.2) is 0 Å². The molecule has 1 amide bonds.